The van der Waals surface area contributed by atoms with Crippen LogP contribution in [0.5, 0.6) is 0 Å². The van der Waals surface area contributed by atoms with Crippen molar-refractivity contribution < 1.29 is 80.2 Å². The van der Waals surface area contributed by atoms with Gasteiger partial charge in [0.05, 0.1) is 26.4 Å². The first-order valence-corrected chi connectivity index (χ1v) is 41.8. The van der Waals surface area contributed by atoms with Crippen LogP contribution in [-0.4, -0.2) is 96.7 Å². The number of carbonyl (C=O) groups excluding carboxylic acids is 4. The normalized spacial score (nSPS) is 14.4. The molecule has 0 saturated heterocycles. The molecule has 0 aromatic heterocycles. The molecular weight excluding hydrogens is 1280 g/mol. The standard InChI is InChI=1S/C79H140O17P2/c1-5-9-13-17-21-25-29-33-35-36-38-41-44-48-52-56-60-64-77(82)90-70-75(96-79(84)66-62-58-54-50-46-42-37-34-30-26-22-18-14-10-6-2)72-94-98(87,88)92-68-73(80)67-91-97(85,86)93-71-74(95-78(83)65-61-57-53-49-45-40-32-28-24-20-16-12-8-4)69-89-76(81)63-59-55-51-47-43-39-31-27-23-19-15-11-7-3/h21,25-28,30-33,35,38,41,48,52,73-75,80H,5-20,22-24,29,34,36-37,39-40,42-47,49-51,53-72H2,1-4H3,(H,85,86)(H,87,88)/b25-21-,30-26-,31-27-,32-28-,35-33-,41-38-,52-48-/t73-,74+,75+/m0/s1. The maximum absolute atomic E-state index is 13.1. The Labute approximate surface area is 595 Å². The highest BCUT2D eigenvalue weighted by atomic mass is 31.2. The summed E-state index contributed by atoms with van der Waals surface area (Å²) in [7, 11) is -9.96. The zero-order chi connectivity index (χ0) is 71.8. The second kappa shape index (κ2) is 71.6. The number of esters is 4. The predicted octanol–water partition coefficient (Wildman–Crippen LogP) is 22.2. The SMILES string of the molecule is CCCCC/C=C\C/C=C\C/C=C\C/C=C\CCCC(=O)OC[C@H](COP(=O)(O)OC[C@@H](O)COP(=O)(O)OC[C@@H](COC(=O)CCCCCCC/C=C\CCCCCC)OC(=O)CCCCCCC/C=C\CCCCCC)OC(=O)CCCCCCCCC/C=C\CCCCCC. The molecule has 0 radical (unpaired) electrons. The first-order valence-electron chi connectivity index (χ1n) is 38.8. The minimum atomic E-state index is -4.98. The molecule has 0 aromatic carbocycles. The minimum absolute atomic E-state index is 0.0794. The van der Waals surface area contributed by atoms with Gasteiger partial charge in [-0.2, -0.15) is 0 Å². The Kier molecular flexibility index (Phi) is 68.9. The second-order valence-corrected chi connectivity index (χ2v) is 28.8. The van der Waals surface area contributed by atoms with E-state index in [0.717, 1.165) is 154 Å². The topological polar surface area (TPSA) is 237 Å². The lowest BCUT2D eigenvalue weighted by Gasteiger charge is -2.21. The lowest BCUT2D eigenvalue weighted by molar-refractivity contribution is -0.161. The molecule has 0 aliphatic rings. The molecule has 0 spiro atoms. The van der Waals surface area contributed by atoms with Gasteiger partial charge in [-0.1, -0.05) is 254 Å². The molecule has 0 fully saturated rings. The Morgan fingerprint density at radius 1 is 0.286 bits per heavy atom. The first kappa shape index (κ1) is 94.2. The molecule has 0 bridgehead atoms. The number of ether oxygens (including phenoxy) is 4. The second-order valence-electron chi connectivity index (χ2n) is 25.9. The van der Waals surface area contributed by atoms with E-state index in [4.69, 9.17) is 37.0 Å². The Hall–Kier alpha value is -3.76. The van der Waals surface area contributed by atoms with Gasteiger partial charge in [0.1, 0.15) is 19.3 Å². The summed E-state index contributed by atoms with van der Waals surface area (Å²) in [5.74, 6) is -2.25. The third-order valence-corrected chi connectivity index (χ3v) is 18.2. The smallest absolute Gasteiger partial charge is 0.462 e. The van der Waals surface area contributed by atoms with Gasteiger partial charge in [0.15, 0.2) is 12.2 Å². The molecule has 0 rings (SSSR count). The molecular formula is C79H140O17P2. The molecule has 5 atom stereocenters. The molecule has 0 aliphatic heterocycles. The maximum atomic E-state index is 13.1. The zero-order valence-electron chi connectivity index (χ0n) is 62.0. The summed E-state index contributed by atoms with van der Waals surface area (Å²) in [4.78, 5) is 72.8. The number of aliphatic hydroxyl groups excluding tert-OH is 1. The van der Waals surface area contributed by atoms with Crippen molar-refractivity contribution >= 4 is 39.5 Å². The van der Waals surface area contributed by atoms with Gasteiger partial charge >= 0.3 is 39.5 Å². The largest absolute Gasteiger partial charge is 0.472 e. The van der Waals surface area contributed by atoms with Gasteiger partial charge in [-0.15, -0.1) is 0 Å². The Balaban J connectivity index is 5.39. The summed E-state index contributed by atoms with van der Waals surface area (Å²) in [6.07, 6.45) is 72.9. The molecule has 2 unspecified atom stereocenters. The van der Waals surface area contributed by atoms with E-state index in [2.05, 4.69) is 101 Å². The summed E-state index contributed by atoms with van der Waals surface area (Å²) < 4.78 is 68.4. The fraction of sp³-hybridized carbons (Fsp3) is 0.772. The first-order chi connectivity index (χ1) is 47.7. The van der Waals surface area contributed by atoms with Crippen molar-refractivity contribution in [1.82, 2.24) is 0 Å². The number of allylic oxidation sites excluding steroid dienone is 14. The van der Waals surface area contributed by atoms with Gasteiger partial charge < -0.3 is 33.8 Å². The molecule has 17 nitrogen and oxygen atoms in total. The van der Waals surface area contributed by atoms with Crippen LogP contribution >= 0.6 is 15.6 Å². The van der Waals surface area contributed by atoms with Gasteiger partial charge in [0.2, 0.25) is 0 Å². The van der Waals surface area contributed by atoms with Crippen molar-refractivity contribution in [3.05, 3.63) is 85.1 Å². The molecule has 0 aromatic rings. The van der Waals surface area contributed by atoms with Crippen LogP contribution in [-0.2, 0) is 65.4 Å². The minimum Gasteiger partial charge on any atom is -0.462 e. The Bertz CT molecular complexity index is 2190. The summed E-state index contributed by atoms with van der Waals surface area (Å²) in [6.45, 7) is 4.75. The van der Waals surface area contributed by atoms with Crippen LogP contribution in [0.25, 0.3) is 0 Å². The van der Waals surface area contributed by atoms with E-state index in [1.54, 1.807) is 0 Å². The molecule has 0 aliphatic carbocycles. The van der Waals surface area contributed by atoms with Crippen molar-refractivity contribution in [2.45, 2.75) is 354 Å². The number of hydrogen-bond acceptors (Lipinski definition) is 15. The van der Waals surface area contributed by atoms with Crippen molar-refractivity contribution in [1.29, 1.82) is 0 Å². The van der Waals surface area contributed by atoms with Crippen molar-refractivity contribution in [3.8, 4) is 0 Å². The number of aliphatic hydroxyl groups is 1. The predicted molar refractivity (Wildman–Crippen MR) is 399 cm³/mol. The van der Waals surface area contributed by atoms with Gasteiger partial charge in [0.25, 0.3) is 0 Å². The van der Waals surface area contributed by atoms with Crippen LogP contribution in [0.4, 0.5) is 0 Å². The Morgan fingerprint density at radius 2 is 0.510 bits per heavy atom. The van der Waals surface area contributed by atoms with Crippen LogP contribution in [0, 0.1) is 0 Å². The van der Waals surface area contributed by atoms with Crippen LogP contribution in [0.1, 0.15) is 336 Å². The third-order valence-electron chi connectivity index (χ3n) is 16.3. The van der Waals surface area contributed by atoms with E-state index in [-0.39, 0.29) is 25.7 Å². The lowest BCUT2D eigenvalue weighted by Crippen LogP contribution is -2.30. The molecule has 0 amide bonds. The van der Waals surface area contributed by atoms with Gasteiger partial charge in [-0.05, 0) is 141 Å². The molecule has 0 heterocycles. The summed E-state index contributed by atoms with van der Waals surface area (Å²) in [6, 6.07) is 0. The summed E-state index contributed by atoms with van der Waals surface area (Å²) >= 11 is 0. The van der Waals surface area contributed by atoms with E-state index in [9.17, 15) is 43.2 Å². The van der Waals surface area contributed by atoms with Crippen LogP contribution < -0.4 is 0 Å². The van der Waals surface area contributed by atoms with Crippen LogP contribution in [0.15, 0.2) is 85.1 Å². The van der Waals surface area contributed by atoms with Crippen molar-refractivity contribution in [2.75, 3.05) is 39.6 Å². The van der Waals surface area contributed by atoms with Crippen molar-refractivity contribution in [3.63, 3.8) is 0 Å². The van der Waals surface area contributed by atoms with E-state index in [1.807, 2.05) is 12.2 Å². The van der Waals surface area contributed by atoms with E-state index in [0.29, 0.717) is 32.1 Å². The zero-order valence-corrected chi connectivity index (χ0v) is 63.7. The highest BCUT2D eigenvalue weighted by molar-refractivity contribution is 7.47. The highest BCUT2D eigenvalue weighted by Gasteiger charge is 2.30. The lowest BCUT2D eigenvalue weighted by atomic mass is 10.1. The monoisotopic (exact) mass is 1420 g/mol. The van der Waals surface area contributed by atoms with Gasteiger partial charge in [0, 0.05) is 25.7 Å². The maximum Gasteiger partial charge on any atom is 0.472 e. The van der Waals surface area contributed by atoms with Crippen LogP contribution in [0.3, 0.4) is 0 Å². The van der Waals surface area contributed by atoms with E-state index < -0.39 is 97.5 Å². The number of unbranched alkanes of at least 4 members (excludes halogenated alkanes) is 33. The quantitative estimate of drug-likeness (QED) is 0.0169. The summed E-state index contributed by atoms with van der Waals surface area (Å²) in [5, 5.41) is 10.6. The molecule has 19 heteroatoms. The Morgan fingerprint density at radius 3 is 0.837 bits per heavy atom. The van der Waals surface area contributed by atoms with Gasteiger partial charge in [-0.3, -0.25) is 37.3 Å². The van der Waals surface area contributed by atoms with Gasteiger partial charge in [-0.25, -0.2) is 9.13 Å². The average molecular weight is 1420 g/mol. The molecule has 98 heavy (non-hydrogen) atoms. The number of phosphoric ester groups is 2. The molecule has 568 valence electrons. The van der Waals surface area contributed by atoms with E-state index >= 15 is 0 Å². The number of hydrogen-bond donors (Lipinski definition) is 3. The summed E-state index contributed by atoms with van der Waals surface area (Å²) in [5.41, 5.74) is 0. The average Bonchev–Trinajstić information content (AvgIpc) is 1.05. The highest BCUT2D eigenvalue weighted by Crippen LogP contribution is 2.45. The van der Waals surface area contributed by atoms with Crippen LogP contribution in [0.2, 0.25) is 0 Å². The van der Waals surface area contributed by atoms with Crippen molar-refractivity contribution in [2.24, 2.45) is 0 Å². The fourth-order valence-corrected chi connectivity index (χ4v) is 11.9. The fourth-order valence-electron chi connectivity index (χ4n) is 10.3. The number of carbonyl (C=O) groups is 4. The number of rotatable bonds is 73. The third kappa shape index (κ3) is 70.7. The van der Waals surface area contributed by atoms with E-state index in [1.165, 1.54) is 96.3 Å². The number of phosphoric acid groups is 2. The molecule has 0 saturated carbocycles. The molecule has 3 N–H and O–H groups in total.